The molecule has 32 heavy (non-hydrogen) atoms. The van der Waals surface area contributed by atoms with Crippen molar-refractivity contribution in [3.63, 3.8) is 0 Å². The van der Waals surface area contributed by atoms with Crippen molar-refractivity contribution in [2.75, 3.05) is 18.0 Å². The van der Waals surface area contributed by atoms with Gasteiger partial charge in [-0.2, -0.15) is 26.3 Å². The maximum absolute atomic E-state index is 14.2. The van der Waals surface area contributed by atoms with Crippen LogP contribution in [0.3, 0.4) is 0 Å². The first kappa shape index (κ1) is 24.4. The minimum Gasteiger partial charge on any atom is -0.355 e. The van der Waals surface area contributed by atoms with E-state index in [4.69, 9.17) is 23.2 Å². The Balaban J connectivity index is 2.00. The number of aromatic nitrogens is 1. The molecule has 3 rings (SSSR count). The van der Waals surface area contributed by atoms with Gasteiger partial charge in [-0.05, 0) is 36.2 Å². The van der Waals surface area contributed by atoms with Gasteiger partial charge in [0.2, 0.25) is 5.91 Å². The number of anilines is 1. The summed E-state index contributed by atoms with van der Waals surface area (Å²) < 4.78 is 83.3. The molecule has 1 aromatic heterocycles. The first-order valence-corrected chi connectivity index (χ1v) is 10.1. The SMILES string of the molecule is CC(=O)NCc1cnc(N2CCC(c3cc(Cl)cc(Cl)c3)(C(F)(F)F)C2)cc1C(F)(F)F. The lowest BCUT2D eigenvalue weighted by molar-refractivity contribution is -0.184. The first-order chi connectivity index (χ1) is 14.7. The number of halogens is 8. The summed E-state index contributed by atoms with van der Waals surface area (Å²) >= 11 is 11.8. The number of amides is 1. The van der Waals surface area contributed by atoms with Gasteiger partial charge in [-0.15, -0.1) is 0 Å². The highest BCUT2D eigenvalue weighted by molar-refractivity contribution is 6.34. The van der Waals surface area contributed by atoms with Crippen molar-refractivity contribution < 1.29 is 31.1 Å². The summed E-state index contributed by atoms with van der Waals surface area (Å²) in [6.07, 6.45) is -9.00. The Bertz CT molecular complexity index is 1010. The van der Waals surface area contributed by atoms with Gasteiger partial charge in [-0.1, -0.05) is 23.2 Å². The third-order valence-electron chi connectivity index (χ3n) is 5.36. The maximum Gasteiger partial charge on any atom is 0.416 e. The summed E-state index contributed by atoms with van der Waals surface area (Å²) in [6, 6.07) is 4.33. The lowest BCUT2D eigenvalue weighted by Gasteiger charge is -2.33. The van der Waals surface area contributed by atoms with E-state index in [2.05, 4.69) is 10.3 Å². The second kappa shape index (κ2) is 8.62. The van der Waals surface area contributed by atoms with Crippen LogP contribution < -0.4 is 10.2 Å². The molecule has 0 radical (unpaired) electrons. The lowest BCUT2D eigenvalue weighted by atomic mass is 9.79. The van der Waals surface area contributed by atoms with E-state index in [-0.39, 0.29) is 33.5 Å². The Morgan fingerprint density at radius 3 is 2.28 bits per heavy atom. The minimum absolute atomic E-state index is 0.0226. The Labute approximate surface area is 189 Å². The van der Waals surface area contributed by atoms with Crippen LogP contribution in [0.25, 0.3) is 0 Å². The molecule has 2 heterocycles. The topological polar surface area (TPSA) is 45.2 Å². The molecule has 12 heteroatoms. The number of hydrogen-bond donors (Lipinski definition) is 1. The molecule has 0 bridgehead atoms. The molecule has 1 unspecified atom stereocenters. The van der Waals surface area contributed by atoms with Gasteiger partial charge in [0.05, 0.1) is 5.56 Å². The predicted octanol–water partition coefficient (Wildman–Crippen LogP) is 5.75. The van der Waals surface area contributed by atoms with Gasteiger partial charge >= 0.3 is 12.4 Å². The van der Waals surface area contributed by atoms with Crippen molar-refractivity contribution in [3.8, 4) is 0 Å². The van der Waals surface area contributed by atoms with Crippen molar-refractivity contribution in [2.24, 2.45) is 0 Å². The number of hydrogen-bond acceptors (Lipinski definition) is 3. The van der Waals surface area contributed by atoms with E-state index in [1.807, 2.05) is 0 Å². The zero-order chi connectivity index (χ0) is 23.9. The van der Waals surface area contributed by atoms with Gasteiger partial charge in [0.15, 0.2) is 0 Å². The van der Waals surface area contributed by atoms with Crippen LogP contribution in [0.1, 0.15) is 30.0 Å². The largest absolute Gasteiger partial charge is 0.416 e. The van der Waals surface area contributed by atoms with Crippen LogP contribution >= 0.6 is 23.2 Å². The van der Waals surface area contributed by atoms with Crippen molar-refractivity contribution >= 4 is 34.9 Å². The molecular formula is C20H17Cl2F6N3O. The fraction of sp³-hybridized carbons (Fsp3) is 0.400. The molecule has 1 aliphatic rings. The maximum atomic E-state index is 14.2. The fourth-order valence-corrected chi connectivity index (χ4v) is 4.26. The number of carbonyl (C=O) groups is 1. The second-order valence-electron chi connectivity index (χ2n) is 7.52. The molecule has 1 fully saturated rings. The quantitative estimate of drug-likeness (QED) is 0.544. The van der Waals surface area contributed by atoms with E-state index >= 15 is 0 Å². The Morgan fingerprint density at radius 2 is 1.75 bits per heavy atom. The van der Waals surface area contributed by atoms with Crippen LogP contribution in [-0.2, 0) is 22.9 Å². The van der Waals surface area contributed by atoms with E-state index in [1.54, 1.807) is 0 Å². The highest BCUT2D eigenvalue weighted by Gasteiger charge is 2.59. The fourth-order valence-electron chi connectivity index (χ4n) is 3.74. The van der Waals surface area contributed by atoms with Crippen molar-refractivity contribution in [1.29, 1.82) is 0 Å². The number of alkyl halides is 6. The third kappa shape index (κ3) is 4.91. The van der Waals surface area contributed by atoms with Crippen LogP contribution in [0.5, 0.6) is 0 Å². The molecule has 0 saturated carbocycles. The van der Waals surface area contributed by atoms with E-state index in [1.165, 1.54) is 6.07 Å². The summed E-state index contributed by atoms with van der Waals surface area (Å²) in [5.41, 5.74) is -3.91. The average molecular weight is 500 g/mol. The van der Waals surface area contributed by atoms with Crippen LogP contribution in [0, 0.1) is 0 Å². The van der Waals surface area contributed by atoms with Gasteiger partial charge in [0, 0.05) is 48.4 Å². The molecule has 1 N–H and O–H groups in total. The molecule has 1 atom stereocenters. The number of benzene rings is 1. The molecule has 174 valence electrons. The summed E-state index contributed by atoms with van der Waals surface area (Å²) in [5, 5.41) is 2.31. The standard InChI is InChI=1S/C20H17Cl2F6N3O/c1-11(32)29-8-12-9-30-17(7-16(12)19(23,24)25)31-3-2-18(10-31,20(26,27)28)13-4-14(21)6-15(22)5-13/h4-7,9H,2-3,8,10H2,1H3,(H,29,32). The molecular weight excluding hydrogens is 483 g/mol. The normalized spacial score (nSPS) is 19.3. The summed E-state index contributed by atoms with van der Waals surface area (Å²) in [4.78, 5) is 16.2. The van der Waals surface area contributed by atoms with Crippen LogP contribution in [0.15, 0.2) is 30.5 Å². The van der Waals surface area contributed by atoms with Crippen LogP contribution in [0.4, 0.5) is 32.2 Å². The average Bonchev–Trinajstić information content (AvgIpc) is 3.11. The Morgan fingerprint density at radius 1 is 1.12 bits per heavy atom. The van der Waals surface area contributed by atoms with E-state index < -0.39 is 48.7 Å². The van der Waals surface area contributed by atoms with Gasteiger partial charge in [0.1, 0.15) is 11.2 Å². The molecule has 1 saturated heterocycles. The molecule has 2 aromatic rings. The van der Waals surface area contributed by atoms with Crippen molar-refractivity contribution in [3.05, 3.63) is 57.2 Å². The Kier molecular flexibility index (Phi) is 6.59. The predicted molar refractivity (Wildman–Crippen MR) is 108 cm³/mol. The highest BCUT2D eigenvalue weighted by atomic mass is 35.5. The number of carbonyl (C=O) groups excluding carboxylic acids is 1. The molecule has 1 aliphatic heterocycles. The van der Waals surface area contributed by atoms with Gasteiger partial charge < -0.3 is 10.2 Å². The number of nitrogens with zero attached hydrogens (tertiary/aromatic N) is 2. The summed E-state index contributed by atoms with van der Waals surface area (Å²) in [6.45, 7) is -0.0927. The molecule has 0 spiro atoms. The van der Waals surface area contributed by atoms with Gasteiger partial charge in [-0.25, -0.2) is 4.98 Å². The van der Waals surface area contributed by atoms with Gasteiger partial charge in [-0.3, -0.25) is 4.79 Å². The zero-order valence-electron chi connectivity index (χ0n) is 16.5. The number of pyridine rings is 1. The van der Waals surface area contributed by atoms with E-state index in [0.29, 0.717) is 6.07 Å². The second-order valence-corrected chi connectivity index (χ2v) is 8.39. The van der Waals surface area contributed by atoms with Crippen molar-refractivity contribution in [1.82, 2.24) is 10.3 Å². The molecule has 0 aliphatic carbocycles. The first-order valence-electron chi connectivity index (χ1n) is 9.32. The number of rotatable bonds is 4. The minimum atomic E-state index is -4.78. The Hall–Kier alpha value is -2.20. The highest BCUT2D eigenvalue weighted by Crippen LogP contribution is 2.49. The van der Waals surface area contributed by atoms with Gasteiger partial charge in [0.25, 0.3) is 0 Å². The van der Waals surface area contributed by atoms with E-state index in [9.17, 15) is 31.1 Å². The smallest absolute Gasteiger partial charge is 0.355 e. The third-order valence-corrected chi connectivity index (χ3v) is 5.79. The van der Waals surface area contributed by atoms with Crippen LogP contribution in [0.2, 0.25) is 10.0 Å². The van der Waals surface area contributed by atoms with Crippen molar-refractivity contribution in [2.45, 2.75) is 37.7 Å². The number of nitrogens with one attached hydrogen (secondary N) is 1. The monoisotopic (exact) mass is 499 g/mol. The van der Waals surface area contributed by atoms with E-state index in [0.717, 1.165) is 30.2 Å². The zero-order valence-corrected chi connectivity index (χ0v) is 18.1. The van der Waals surface area contributed by atoms with Crippen LogP contribution in [-0.4, -0.2) is 30.2 Å². The lowest BCUT2D eigenvalue weighted by Crippen LogP contribution is -2.45. The molecule has 4 nitrogen and oxygen atoms in total. The molecule has 1 aromatic carbocycles. The molecule has 1 amide bonds. The summed E-state index contributed by atoms with van der Waals surface area (Å²) in [7, 11) is 0. The summed E-state index contributed by atoms with van der Waals surface area (Å²) in [5.74, 6) is -0.778.